The van der Waals surface area contributed by atoms with E-state index in [2.05, 4.69) is 58.0 Å². The maximum atomic E-state index is 13.0. The molecule has 9 nitrogen and oxygen atoms in total. The van der Waals surface area contributed by atoms with Gasteiger partial charge in [-0.3, -0.25) is 9.69 Å². The van der Waals surface area contributed by atoms with Gasteiger partial charge in [-0.15, -0.1) is 0 Å². The van der Waals surface area contributed by atoms with Gasteiger partial charge in [0, 0.05) is 69.3 Å². The number of nitrogens with zero attached hydrogens (tertiary/aromatic N) is 5. The van der Waals surface area contributed by atoms with Crippen molar-refractivity contribution in [1.29, 1.82) is 0 Å². The van der Waals surface area contributed by atoms with E-state index in [1.165, 1.54) is 0 Å². The molecular weight excluding hydrogens is 466 g/mol. The first-order valence-corrected chi connectivity index (χ1v) is 13.2. The van der Waals surface area contributed by atoms with E-state index in [0.717, 1.165) is 55.4 Å². The van der Waals surface area contributed by atoms with E-state index >= 15 is 0 Å². The Labute approximate surface area is 220 Å². The van der Waals surface area contributed by atoms with Gasteiger partial charge >= 0.3 is 6.03 Å². The molecule has 1 unspecified atom stereocenters. The average Bonchev–Trinajstić information content (AvgIpc) is 2.93. The summed E-state index contributed by atoms with van der Waals surface area (Å²) in [5, 5.41) is 6.04. The number of anilines is 1. The number of amides is 3. The van der Waals surface area contributed by atoms with Gasteiger partial charge in [0.15, 0.2) is 0 Å². The van der Waals surface area contributed by atoms with Crippen LogP contribution >= 0.6 is 0 Å². The number of hydrogen-bond acceptors (Lipinski definition) is 6. The Morgan fingerprint density at radius 2 is 1.73 bits per heavy atom. The van der Waals surface area contributed by atoms with Crippen LogP contribution in [-0.2, 0) is 4.79 Å². The molecule has 3 aliphatic rings. The van der Waals surface area contributed by atoms with Crippen LogP contribution in [-0.4, -0.2) is 96.8 Å². The molecule has 0 aliphatic carbocycles. The summed E-state index contributed by atoms with van der Waals surface area (Å²) in [7, 11) is 0. The largest absolute Gasteiger partial charge is 0.353 e. The van der Waals surface area contributed by atoms with E-state index in [1.54, 1.807) is 11.2 Å². The van der Waals surface area contributed by atoms with Crippen molar-refractivity contribution in [2.75, 3.05) is 64.2 Å². The topological polar surface area (TPSA) is 83.5 Å². The minimum atomic E-state index is -0.120. The Morgan fingerprint density at radius 1 is 1.05 bits per heavy atom. The molecule has 198 valence electrons. The predicted octanol–water partition coefficient (Wildman–Crippen LogP) is 2.94. The van der Waals surface area contributed by atoms with Crippen LogP contribution in [0.25, 0.3) is 0 Å². The highest BCUT2D eigenvalue weighted by Gasteiger charge is 2.28. The summed E-state index contributed by atoms with van der Waals surface area (Å²) in [4.78, 5) is 38.3. The lowest BCUT2D eigenvalue weighted by molar-refractivity contribution is -0.134. The minimum absolute atomic E-state index is 0.120. The van der Waals surface area contributed by atoms with Crippen molar-refractivity contribution in [3.8, 4) is 0 Å². The first kappa shape index (κ1) is 26.5. The SMILES string of the molecule is C=C1NC=NC(N2CCN(CC(=O)N3CCN(C(=O)Nc4ccccc4)CC3)CC2)=C1/C=C\C(C)CC. The lowest BCUT2D eigenvalue weighted by Crippen LogP contribution is -2.55. The van der Waals surface area contributed by atoms with Gasteiger partial charge in [0.2, 0.25) is 5.91 Å². The zero-order valence-electron chi connectivity index (χ0n) is 22.0. The van der Waals surface area contributed by atoms with Crippen LogP contribution in [0.15, 0.2) is 71.1 Å². The lowest BCUT2D eigenvalue weighted by Gasteiger charge is -2.39. The van der Waals surface area contributed by atoms with E-state index in [1.807, 2.05) is 35.2 Å². The zero-order chi connectivity index (χ0) is 26.2. The molecule has 2 N–H and O–H groups in total. The van der Waals surface area contributed by atoms with E-state index in [0.29, 0.717) is 38.6 Å². The highest BCUT2D eigenvalue weighted by Crippen LogP contribution is 2.23. The molecule has 0 aromatic heterocycles. The van der Waals surface area contributed by atoms with Crippen LogP contribution < -0.4 is 10.6 Å². The Hall–Kier alpha value is -3.59. The van der Waals surface area contributed by atoms with E-state index in [-0.39, 0.29) is 11.9 Å². The molecule has 2 saturated heterocycles. The van der Waals surface area contributed by atoms with Crippen molar-refractivity contribution in [1.82, 2.24) is 24.9 Å². The Balaban J connectivity index is 1.24. The van der Waals surface area contributed by atoms with Crippen LogP contribution in [0.2, 0.25) is 0 Å². The number of nitrogens with one attached hydrogen (secondary N) is 2. The average molecular weight is 506 g/mol. The molecule has 0 radical (unpaired) electrons. The molecule has 1 aromatic rings. The van der Waals surface area contributed by atoms with Gasteiger partial charge < -0.3 is 25.3 Å². The number of aliphatic imine (C=N–C) groups is 1. The van der Waals surface area contributed by atoms with Crippen LogP contribution in [0.1, 0.15) is 20.3 Å². The third-order valence-electron chi connectivity index (χ3n) is 7.20. The molecule has 0 spiro atoms. The van der Waals surface area contributed by atoms with Crippen LogP contribution in [0.3, 0.4) is 0 Å². The number of urea groups is 1. The van der Waals surface area contributed by atoms with Gasteiger partial charge in [0.1, 0.15) is 5.82 Å². The predicted molar refractivity (Wildman–Crippen MR) is 148 cm³/mol. The van der Waals surface area contributed by atoms with Gasteiger partial charge in [-0.05, 0) is 18.1 Å². The monoisotopic (exact) mass is 505 g/mol. The standard InChI is InChI=1S/C28H39N7O2/c1-4-22(2)10-11-25-23(3)29-21-30-27(25)34-14-12-32(13-15-34)20-26(36)33-16-18-35(19-17-33)28(37)31-24-8-6-5-7-9-24/h5-11,21-22H,3-4,12-20H2,1-2H3,(H,29,30)(H,31,37)/b11-10-. The molecule has 37 heavy (non-hydrogen) atoms. The minimum Gasteiger partial charge on any atom is -0.353 e. The molecule has 2 fully saturated rings. The quantitative estimate of drug-likeness (QED) is 0.596. The van der Waals surface area contributed by atoms with Gasteiger partial charge in [0.05, 0.1) is 12.9 Å². The van der Waals surface area contributed by atoms with Crippen molar-refractivity contribution in [3.05, 3.63) is 66.2 Å². The van der Waals surface area contributed by atoms with Gasteiger partial charge in [-0.25, -0.2) is 9.79 Å². The van der Waals surface area contributed by atoms with Gasteiger partial charge in [0.25, 0.3) is 0 Å². The van der Waals surface area contributed by atoms with Crippen molar-refractivity contribution in [3.63, 3.8) is 0 Å². The maximum absolute atomic E-state index is 13.0. The molecule has 9 heteroatoms. The fourth-order valence-electron chi connectivity index (χ4n) is 4.57. The van der Waals surface area contributed by atoms with E-state index < -0.39 is 0 Å². The normalized spacial score (nSPS) is 19.8. The smallest absolute Gasteiger partial charge is 0.321 e. The fourth-order valence-corrected chi connectivity index (χ4v) is 4.57. The van der Waals surface area contributed by atoms with Gasteiger partial charge in [-0.1, -0.05) is 57.2 Å². The molecule has 4 rings (SSSR count). The summed E-state index contributed by atoms with van der Waals surface area (Å²) in [5.74, 6) is 1.57. The number of carbonyl (C=O) groups excluding carboxylic acids is 2. The van der Waals surface area contributed by atoms with E-state index in [4.69, 9.17) is 0 Å². The summed E-state index contributed by atoms with van der Waals surface area (Å²) in [5.41, 5.74) is 2.67. The second kappa shape index (κ2) is 12.6. The molecule has 3 heterocycles. The molecule has 0 bridgehead atoms. The fraction of sp³-hybridized carbons (Fsp3) is 0.464. The number of para-hydroxylation sites is 1. The molecule has 1 atom stereocenters. The first-order valence-electron chi connectivity index (χ1n) is 13.2. The summed E-state index contributed by atoms with van der Waals surface area (Å²) in [6, 6.07) is 9.31. The third-order valence-corrected chi connectivity index (χ3v) is 7.20. The Bertz CT molecular complexity index is 1050. The third kappa shape index (κ3) is 7.01. The number of benzene rings is 1. The number of hydrogen-bond donors (Lipinski definition) is 2. The van der Waals surface area contributed by atoms with Crippen LogP contribution in [0, 0.1) is 5.92 Å². The molecular formula is C28H39N7O2. The molecule has 3 aliphatic heterocycles. The summed E-state index contributed by atoms with van der Waals surface area (Å²) in [6.07, 6.45) is 7.13. The highest BCUT2D eigenvalue weighted by atomic mass is 16.2. The highest BCUT2D eigenvalue weighted by molar-refractivity contribution is 5.89. The van der Waals surface area contributed by atoms with Crippen molar-refractivity contribution in [2.24, 2.45) is 10.9 Å². The second-order valence-corrected chi connectivity index (χ2v) is 9.79. The van der Waals surface area contributed by atoms with Crippen molar-refractivity contribution < 1.29 is 9.59 Å². The number of rotatable bonds is 7. The zero-order valence-corrected chi connectivity index (χ0v) is 22.0. The molecule has 0 saturated carbocycles. The summed E-state index contributed by atoms with van der Waals surface area (Å²) in [6.45, 7) is 14.3. The van der Waals surface area contributed by atoms with Crippen molar-refractivity contribution >= 4 is 24.0 Å². The second-order valence-electron chi connectivity index (χ2n) is 9.79. The molecule has 3 amide bonds. The van der Waals surface area contributed by atoms with E-state index in [9.17, 15) is 9.59 Å². The molecule has 1 aromatic carbocycles. The summed E-state index contributed by atoms with van der Waals surface area (Å²) >= 11 is 0. The van der Waals surface area contributed by atoms with Crippen molar-refractivity contribution in [2.45, 2.75) is 20.3 Å². The first-order chi connectivity index (χ1) is 17.9. The summed E-state index contributed by atoms with van der Waals surface area (Å²) < 4.78 is 0. The number of piperazine rings is 2. The van der Waals surface area contributed by atoms with Crippen LogP contribution in [0.5, 0.6) is 0 Å². The maximum Gasteiger partial charge on any atom is 0.321 e. The number of allylic oxidation sites excluding steroid dienone is 2. The van der Waals surface area contributed by atoms with Gasteiger partial charge in [-0.2, -0.15) is 0 Å². The Kier molecular flexibility index (Phi) is 9.00. The Morgan fingerprint density at radius 3 is 2.41 bits per heavy atom. The number of carbonyl (C=O) groups is 2. The lowest BCUT2D eigenvalue weighted by atomic mass is 10.0. The van der Waals surface area contributed by atoms with Crippen LogP contribution in [0.4, 0.5) is 10.5 Å².